The normalized spacial score (nSPS) is 39.5. The maximum atomic E-state index is 12.2. The summed E-state index contributed by atoms with van der Waals surface area (Å²) in [5.41, 5.74) is 3.41. The maximum absolute atomic E-state index is 12.2. The molecule has 3 saturated carbocycles. The second-order valence-electron chi connectivity index (χ2n) is 13.4. The molecule has 0 radical (unpaired) electrons. The molecule has 4 rings (SSSR count). The van der Waals surface area contributed by atoms with Crippen LogP contribution in [-0.2, 0) is 19.1 Å². The highest BCUT2D eigenvalue weighted by Crippen LogP contribution is 2.66. The lowest BCUT2D eigenvalue weighted by atomic mass is 9.50. The molecule has 0 spiro atoms. The number of fused-ring (bicyclic) bond motifs is 4. The van der Waals surface area contributed by atoms with Crippen LogP contribution in [0.4, 0.5) is 0 Å². The SMILES string of the molecule is CC(=O)O[C@H]1CCC2=C3CC[C@]4(C)[C@@H]([C@H](C)CCCC(C)C)CC[C@H]4[C@@H]3C[C@@H](OC(C)=O)[C@]2(C)C1. The summed E-state index contributed by atoms with van der Waals surface area (Å²) in [6.45, 7) is 15.1. The summed E-state index contributed by atoms with van der Waals surface area (Å²) in [5, 5.41) is 0. The van der Waals surface area contributed by atoms with Crippen molar-refractivity contribution in [3.8, 4) is 0 Å². The molecule has 4 aliphatic rings. The Hall–Kier alpha value is -1.32. The summed E-state index contributed by atoms with van der Waals surface area (Å²) in [6, 6.07) is 0. The van der Waals surface area contributed by atoms with Crippen LogP contribution in [0.2, 0.25) is 0 Å². The number of hydrogen-bond donors (Lipinski definition) is 0. The second-order valence-corrected chi connectivity index (χ2v) is 13.4. The van der Waals surface area contributed by atoms with Gasteiger partial charge in [-0.2, -0.15) is 0 Å². The van der Waals surface area contributed by atoms with Crippen molar-refractivity contribution in [1.29, 1.82) is 0 Å². The van der Waals surface area contributed by atoms with Gasteiger partial charge in [-0.25, -0.2) is 0 Å². The molecule has 0 bridgehead atoms. The molecule has 0 aromatic rings. The average molecular weight is 487 g/mol. The summed E-state index contributed by atoms with van der Waals surface area (Å²) in [5.74, 6) is 3.24. The highest BCUT2D eigenvalue weighted by molar-refractivity contribution is 5.67. The smallest absolute Gasteiger partial charge is 0.302 e. The van der Waals surface area contributed by atoms with Gasteiger partial charge in [-0.15, -0.1) is 0 Å². The van der Waals surface area contributed by atoms with E-state index in [2.05, 4.69) is 34.6 Å². The van der Waals surface area contributed by atoms with Gasteiger partial charge in [0.2, 0.25) is 0 Å². The summed E-state index contributed by atoms with van der Waals surface area (Å²) in [7, 11) is 0. The third-order valence-electron chi connectivity index (χ3n) is 10.7. The van der Waals surface area contributed by atoms with Gasteiger partial charge in [0.1, 0.15) is 12.2 Å². The summed E-state index contributed by atoms with van der Waals surface area (Å²) in [4.78, 5) is 23.9. The highest BCUT2D eigenvalue weighted by Gasteiger charge is 2.59. The molecule has 8 atom stereocenters. The molecule has 3 fully saturated rings. The molecule has 0 heterocycles. The molecule has 0 aromatic carbocycles. The van der Waals surface area contributed by atoms with Gasteiger partial charge in [0.05, 0.1) is 0 Å². The van der Waals surface area contributed by atoms with Crippen LogP contribution in [0.5, 0.6) is 0 Å². The van der Waals surface area contributed by atoms with E-state index in [-0.39, 0.29) is 29.6 Å². The van der Waals surface area contributed by atoms with E-state index in [0.29, 0.717) is 17.3 Å². The first kappa shape index (κ1) is 26.7. The Morgan fingerprint density at radius 3 is 2.34 bits per heavy atom. The van der Waals surface area contributed by atoms with Crippen LogP contribution in [0.1, 0.15) is 119 Å². The zero-order valence-corrected chi connectivity index (χ0v) is 23.5. The number of carbonyl (C=O) groups is 2. The molecule has 0 saturated heterocycles. The Labute approximate surface area is 214 Å². The quantitative estimate of drug-likeness (QED) is 0.274. The van der Waals surface area contributed by atoms with Gasteiger partial charge in [0.15, 0.2) is 0 Å². The number of allylic oxidation sites excluding steroid dienone is 1. The lowest BCUT2D eigenvalue weighted by molar-refractivity contribution is -0.162. The fraction of sp³-hybridized carbons (Fsp3) is 0.871. The molecule has 0 unspecified atom stereocenters. The average Bonchev–Trinajstić information content (AvgIpc) is 3.10. The largest absolute Gasteiger partial charge is 0.463 e. The molecule has 0 aliphatic heterocycles. The minimum atomic E-state index is -0.217. The van der Waals surface area contributed by atoms with E-state index in [1.807, 2.05) is 0 Å². The van der Waals surface area contributed by atoms with Crippen molar-refractivity contribution >= 4 is 11.9 Å². The van der Waals surface area contributed by atoms with Gasteiger partial charge in [-0.05, 0) is 86.4 Å². The van der Waals surface area contributed by atoms with Gasteiger partial charge in [0.25, 0.3) is 0 Å². The van der Waals surface area contributed by atoms with Crippen LogP contribution < -0.4 is 0 Å². The van der Waals surface area contributed by atoms with Crippen molar-refractivity contribution in [3.63, 3.8) is 0 Å². The van der Waals surface area contributed by atoms with Crippen LogP contribution in [0, 0.1) is 40.4 Å². The van der Waals surface area contributed by atoms with Crippen molar-refractivity contribution in [1.82, 2.24) is 0 Å². The molecule has 198 valence electrons. The van der Waals surface area contributed by atoms with E-state index < -0.39 is 0 Å². The van der Waals surface area contributed by atoms with Crippen LogP contribution in [0.3, 0.4) is 0 Å². The van der Waals surface area contributed by atoms with E-state index in [1.165, 1.54) is 51.9 Å². The number of ether oxygens (including phenoxy) is 2. The van der Waals surface area contributed by atoms with Crippen LogP contribution in [0.25, 0.3) is 0 Å². The fourth-order valence-corrected chi connectivity index (χ4v) is 9.17. The first-order valence-electron chi connectivity index (χ1n) is 14.5. The molecule has 4 heteroatoms. The third kappa shape index (κ3) is 5.10. The molecular weight excluding hydrogens is 436 g/mol. The molecule has 0 aromatic heterocycles. The van der Waals surface area contributed by atoms with Crippen molar-refractivity contribution in [2.24, 2.45) is 40.4 Å². The minimum absolute atomic E-state index is 0.0761. The molecule has 4 aliphatic carbocycles. The van der Waals surface area contributed by atoms with Gasteiger partial charge in [-0.3, -0.25) is 9.59 Å². The Kier molecular flexibility index (Phi) is 7.80. The highest BCUT2D eigenvalue weighted by atomic mass is 16.5. The summed E-state index contributed by atoms with van der Waals surface area (Å²) >= 11 is 0. The molecule has 0 N–H and O–H groups in total. The number of carbonyl (C=O) groups excluding carboxylic acids is 2. The van der Waals surface area contributed by atoms with Crippen LogP contribution >= 0.6 is 0 Å². The number of rotatable bonds is 7. The maximum Gasteiger partial charge on any atom is 0.302 e. The van der Waals surface area contributed by atoms with Crippen molar-refractivity contribution in [3.05, 3.63) is 11.1 Å². The molecule has 0 amide bonds. The van der Waals surface area contributed by atoms with Gasteiger partial charge in [0, 0.05) is 19.3 Å². The van der Waals surface area contributed by atoms with E-state index in [4.69, 9.17) is 9.47 Å². The zero-order chi connectivity index (χ0) is 25.5. The third-order valence-corrected chi connectivity index (χ3v) is 10.7. The lowest BCUT2D eigenvalue weighted by Crippen LogP contribution is -2.52. The lowest BCUT2D eigenvalue weighted by Gasteiger charge is -2.56. The van der Waals surface area contributed by atoms with Gasteiger partial charge >= 0.3 is 11.9 Å². The Bertz CT molecular complexity index is 843. The summed E-state index contributed by atoms with van der Waals surface area (Å²) in [6.07, 6.45) is 12.6. The first-order valence-corrected chi connectivity index (χ1v) is 14.5. The number of esters is 2. The van der Waals surface area contributed by atoms with Crippen LogP contribution in [0.15, 0.2) is 11.1 Å². The van der Waals surface area contributed by atoms with E-state index in [0.717, 1.165) is 43.4 Å². The zero-order valence-electron chi connectivity index (χ0n) is 23.5. The number of hydrogen-bond acceptors (Lipinski definition) is 4. The van der Waals surface area contributed by atoms with Crippen molar-refractivity contribution in [2.75, 3.05) is 0 Å². The van der Waals surface area contributed by atoms with Crippen molar-refractivity contribution < 1.29 is 19.1 Å². The Balaban J connectivity index is 1.59. The molecular formula is C31H50O4. The van der Waals surface area contributed by atoms with E-state index >= 15 is 0 Å². The predicted octanol–water partition coefficient (Wildman–Crippen LogP) is 7.65. The predicted molar refractivity (Wildman–Crippen MR) is 140 cm³/mol. The topological polar surface area (TPSA) is 52.6 Å². The van der Waals surface area contributed by atoms with E-state index in [1.54, 1.807) is 18.1 Å². The Morgan fingerprint density at radius 1 is 0.971 bits per heavy atom. The monoisotopic (exact) mass is 486 g/mol. The Morgan fingerprint density at radius 2 is 1.69 bits per heavy atom. The minimum Gasteiger partial charge on any atom is -0.463 e. The molecule has 4 nitrogen and oxygen atoms in total. The van der Waals surface area contributed by atoms with Gasteiger partial charge in [-0.1, -0.05) is 65.0 Å². The standard InChI is InChI=1S/C31H50O4/c1-19(2)9-8-10-20(3)26-13-14-28-25-17-29(35-22(5)33)31(7)18-23(34-21(4)32)11-12-27(31)24(25)15-16-30(26,28)6/h19-20,23,25-26,28-29H,8-18H2,1-7H3/t20-,23+,25-,26-,28+,29-,30-,31-/m1/s1. The summed E-state index contributed by atoms with van der Waals surface area (Å²) < 4.78 is 11.7. The van der Waals surface area contributed by atoms with Crippen molar-refractivity contribution in [2.45, 2.75) is 131 Å². The van der Waals surface area contributed by atoms with E-state index in [9.17, 15) is 9.59 Å². The fourth-order valence-electron chi connectivity index (χ4n) is 9.17. The first-order chi connectivity index (χ1) is 16.5. The second kappa shape index (κ2) is 10.2. The van der Waals surface area contributed by atoms with Crippen LogP contribution in [-0.4, -0.2) is 24.1 Å². The van der Waals surface area contributed by atoms with Gasteiger partial charge < -0.3 is 9.47 Å². The molecule has 35 heavy (non-hydrogen) atoms.